The lowest BCUT2D eigenvalue weighted by molar-refractivity contribution is 0.0948. The Balaban J connectivity index is 2.03. The quantitative estimate of drug-likeness (QED) is 0.555. The number of rotatable bonds is 7. The number of nitrogens with zero attached hydrogens (tertiary/aromatic N) is 1. The van der Waals surface area contributed by atoms with Gasteiger partial charge in [-0.1, -0.05) is 12.8 Å². The topological polar surface area (TPSA) is 57.8 Å². The Morgan fingerprint density at radius 3 is 2.87 bits per heavy atom. The van der Waals surface area contributed by atoms with Crippen LogP contribution in [0.4, 0.5) is 0 Å². The van der Waals surface area contributed by atoms with E-state index in [1.807, 2.05) is 0 Å². The van der Waals surface area contributed by atoms with Gasteiger partial charge in [-0.2, -0.15) is 5.10 Å². The van der Waals surface area contributed by atoms with E-state index in [0.29, 0.717) is 12.2 Å². The fraction of sp³-hybridized carbons (Fsp3) is 0.600. The smallest absolute Gasteiger partial charge is 0.269 e. The minimum Gasteiger partial charge on any atom is -0.351 e. The fourth-order valence-corrected chi connectivity index (χ4v) is 1.44. The summed E-state index contributed by atoms with van der Waals surface area (Å²) >= 11 is 5.55. The lowest BCUT2D eigenvalue weighted by atomic mass is 10.2. The standard InChI is InChI=1S/C10H16ClN3O/c11-6-3-1-2-4-7-12-10(15)9-5-8-13-14-9/h5,8H,1-4,6-7H2,(H,12,15)(H,13,14). The monoisotopic (exact) mass is 229 g/mol. The number of nitrogens with one attached hydrogen (secondary N) is 2. The van der Waals surface area contributed by atoms with Crippen LogP contribution >= 0.6 is 11.6 Å². The van der Waals surface area contributed by atoms with Gasteiger partial charge in [-0.05, 0) is 18.9 Å². The van der Waals surface area contributed by atoms with Crippen LogP contribution < -0.4 is 5.32 Å². The second-order valence-electron chi connectivity index (χ2n) is 3.33. The van der Waals surface area contributed by atoms with E-state index in [1.54, 1.807) is 12.3 Å². The molecule has 1 aromatic rings. The molecule has 2 N–H and O–H groups in total. The summed E-state index contributed by atoms with van der Waals surface area (Å²) in [5.74, 6) is 0.630. The molecule has 4 nitrogen and oxygen atoms in total. The minimum atomic E-state index is -0.0927. The highest BCUT2D eigenvalue weighted by Gasteiger charge is 2.04. The Morgan fingerprint density at radius 2 is 2.20 bits per heavy atom. The molecule has 1 heterocycles. The van der Waals surface area contributed by atoms with Crippen LogP contribution in [0, 0.1) is 0 Å². The number of alkyl halides is 1. The number of hydrogen-bond acceptors (Lipinski definition) is 2. The third-order valence-electron chi connectivity index (χ3n) is 2.09. The number of H-pyrrole nitrogens is 1. The highest BCUT2D eigenvalue weighted by Crippen LogP contribution is 2.00. The Bertz CT molecular complexity index is 274. The number of carbonyl (C=O) groups excluding carboxylic acids is 1. The maximum atomic E-state index is 11.4. The molecule has 0 aromatic carbocycles. The average molecular weight is 230 g/mol. The van der Waals surface area contributed by atoms with Gasteiger partial charge in [0.05, 0.1) is 0 Å². The molecule has 0 radical (unpaired) electrons. The normalized spacial score (nSPS) is 10.2. The summed E-state index contributed by atoms with van der Waals surface area (Å²) in [4.78, 5) is 11.4. The Morgan fingerprint density at radius 1 is 1.40 bits per heavy atom. The van der Waals surface area contributed by atoms with E-state index in [9.17, 15) is 4.79 Å². The highest BCUT2D eigenvalue weighted by molar-refractivity contribution is 6.17. The molecule has 0 atom stereocenters. The van der Waals surface area contributed by atoms with Crippen molar-refractivity contribution in [2.45, 2.75) is 25.7 Å². The van der Waals surface area contributed by atoms with E-state index in [-0.39, 0.29) is 5.91 Å². The first-order valence-corrected chi connectivity index (χ1v) is 5.71. The van der Waals surface area contributed by atoms with Gasteiger partial charge >= 0.3 is 0 Å². The van der Waals surface area contributed by atoms with E-state index in [1.165, 1.54) is 0 Å². The SMILES string of the molecule is O=C(NCCCCCCCl)c1ccn[nH]1. The summed E-state index contributed by atoms with van der Waals surface area (Å²) in [6.07, 6.45) is 5.85. The molecule has 0 aliphatic carbocycles. The molecule has 1 aromatic heterocycles. The van der Waals surface area contributed by atoms with E-state index >= 15 is 0 Å². The van der Waals surface area contributed by atoms with Crippen LogP contribution in [-0.4, -0.2) is 28.5 Å². The van der Waals surface area contributed by atoms with Crippen LogP contribution in [0.15, 0.2) is 12.3 Å². The molecule has 0 saturated carbocycles. The molecule has 0 aliphatic rings. The Hall–Kier alpha value is -1.03. The largest absolute Gasteiger partial charge is 0.351 e. The van der Waals surface area contributed by atoms with Crippen molar-refractivity contribution >= 4 is 17.5 Å². The van der Waals surface area contributed by atoms with Gasteiger partial charge in [0.2, 0.25) is 0 Å². The van der Waals surface area contributed by atoms with Crippen molar-refractivity contribution in [2.75, 3.05) is 12.4 Å². The first-order chi connectivity index (χ1) is 7.34. The summed E-state index contributed by atoms with van der Waals surface area (Å²) in [6.45, 7) is 0.708. The zero-order chi connectivity index (χ0) is 10.9. The van der Waals surface area contributed by atoms with Crippen LogP contribution in [0.2, 0.25) is 0 Å². The Kier molecular flexibility index (Phi) is 5.85. The molecule has 0 bridgehead atoms. The zero-order valence-electron chi connectivity index (χ0n) is 8.63. The van der Waals surface area contributed by atoms with Crippen molar-refractivity contribution in [3.05, 3.63) is 18.0 Å². The number of aromatic amines is 1. The van der Waals surface area contributed by atoms with Crippen LogP contribution in [0.25, 0.3) is 0 Å². The molecule has 0 saturated heterocycles. The van der Waals surface area contributed by atoms with Gasteiger partial charge in [0, 0.05) is 18.6 Å². The molecular weight excluding hydrogens is 214 g/mol. The number of amides is 1. The third kappa shape index (κ3) is 4.83. The van der Waals surface area contributed by atoms with Gasteiger partial charge in [0.1, 0.15) is 5.69 Å². The number of aromatic nitrogens is 2. The van der Waals surface area contributed by atoms with Gasteiger partial charge in [0.25, 0.3) is 5.91 Å². The highest BCUT2D eigenvalue weighted by atomic mass is 35.5. The van der Waals surface area contributed by atoms with Crippen LogP contribution in [0.1, 0.15) is 36.2 Å². The molecule has 0 unspecified atom stereocenters. The molecule has 84 valence electrons. The molecule has 0 aliphatic heterocycles. The van der Waals surface area contributed by atoms with Crippen molar-refractivity contribution in [3.8, 4) is 0 Å². The van der Waals surface area contributed by atoms with Crippen LogP contribution in [-0.2, 0) is 0 Å². The van der Waals surface area contributed by atoms with E-state index < -0.39 is 0 Å². The van der Waals surface area contributed by atoms with Crippen LogP contribution in [0.3, 0.4) is 0 Å². The summed E-state index contributed by atoms with van der Waals surface area (Å²) in [6, 6.07) is 1.66. The fourth-order valence-electron chi connectivity index (χ4n) is 1.25. The average Bonchev–Trinajstić information content (AvgIpc) is 2.76. The summed E-state index contributed by atoms with van der Waals surface area (Å²) < 4.78 is 0. The lowest BCUT2D eigenvalue weighted by Gasteiger charge is -2.02. The molecule has 15 heavy (non-hydrogen) atoms. The first kappa shape index (κ1) is 12.0. The number of unbranched alkanes of at least 4 members (excludes halogenated alkanes) is 3. The van der Waals surface area contributed by atoms with Crippen LogP contribution in [0.5, 0.6) is 0 Å². The second kappa shape index (κ2) is 7.29. The summed E-state index contributed by atoms with van der Waals surface area (Å²) in [7, 11) is 0. The van der Waals surface area contributed by atoms with Crippen molar-refractivity contribution in [1.82, 2.24) is 15.5 Å². The van der Waals surface area contributed by atoms with Crippen molar-refractivity contribution in [2.24, 2.45) is 0 Å². The molecule has 5 heteroatoms. The number of hydrogen-bond donors (Lipinski definition) is 2. The van der Waals surface area contributed by atoms with Gasteiger partial charge < -0.3 is 5.32 Å². The number of carbonyl (C=O) groups is 1. The molecule has 1 rings (SSSR count). The maximum absolute atomic E-state index is 11.4. The first-order valence-electron chi connectivity index (χ1n) is 5.18. The molecular formula is C10H16ClN3O. The lowest BCUT2D eigenvalue weighted by Crippen LogP contribution is -2.24. The molecule has 1 amide bonds. The summed E-state index contributed by atoms with van der Waals surface area (Å²) in [5, 5.41) is 9.15. The second-order valence-corrected chi connectivity index (χ2v) is 3.71. The number of halogens is 1. The maximum Gasteiger partial charge on any atom is 0.269 e. The predicted octanol–water partition coefficient (Wildman–Crippen LogP) is 1.94. The van der Waals surface area contributed by atoms with Gasteiger partial charge in [-0.25, -0.2) is 0 Å². The minimum absolute atomic E-state index is 0.0927. The predicted molar refractivity (Wildman–Crippen MR) is 60.1 cm³/mol. The molecule has 0 spiro atoms. The van der Waals surface area contributed by atoms with E-state index in [2.05, 4.69) is 15.5 Å². The third-order valence-corrected chi connectivity index (χ3v) is 2.36. The van der Waals surface area contributed by atoms with Crippen molar-refractivity contribution < 1.29 is 4.79 Å². The van der Waals surface area contributed by atoms with Gasteiger partial charge in [0.15, 0.2) is 0 Å². The summed E-state index contributed by atoms with van der Waals surface area (Å²) in [5.41, 5.74) is 0.510. The Labute approximate surface area is 94.4 Å². The van der Waals surface area contributed by atoms with E-state index in [4.69, 9.17) is 11.6 Å². The zero-order valence-corrected chi connectivity index (χ0v) is 9.39. The van der Waals surface area contributed by atoms with Gasteiger partial charge in [-0.15, -0.1) is 11.6 Å². The van der Waals surface area contributed by atoms with Crippen molar-refractivity contribution in [3.63, 3.8) is 0 Å². The van der Waals surface area contributed by atoms with Gasteiger partial charge in [-0.3, -0.25) is 9.89 Å². The molecule has 0 fully saturated rings. The van der Waals surface area contributed by atoms with Crippen molar-refractivity contribution in [1.29, 1.82) is 0 Å². The van der Waals surface area contributed by atoms with E-state index in [0.717, 1.165) is 31.6 Å².